The number of nitriles is 2. The van der Waals surface area contributed by atoms with Crippen LogP contribution in [-0.2, 0) is 27.4 Å². The van der Waals surface area contributed by atoms with Crippen LogP contribution in [0, 0.1) is 23.0 Å². The van der Waals surface area contributed by atoms with Crippen LogP contribution in [0.4, 0.5) is 0 Å². The fourth-order valence-corrected chi connectivity index (χ4v) is 3.19. The number of isocyanates is 1. The first-order valence-electron chi connectivity index (χ1n) is 11.3. The molecule has 0 spiro atoms. The molecule has 12 nitrogen and oxygen atoms in total. The van der Waals surface area contributed by atoms with Gasteiger partial charge < -0.3 is 9.47 Å². The highest BCUT2D eigenvalue weighted by Gasteiger charge is 2.19. The lowest BCUT2D eigenvalue weighted by Crippen LogP contribution is -2.54. The van der Waals surface area contributed by atoms with Crippen molar-refractivity contribution in [3.8, 4) is 12.5 Å². The lowest BCUT2D eigenvalue weighted by Gasteiger charge is -2.13. The van der Waals surface area contributed by atoms with Gasteiger partial charge in [0.05, 0.1) is 6.54 Å². The van der Waals surface area contributed by atoms with E-state index in [1.54, 1.807) is 6.26 Å². The predicted octanol–water partition coefficient (Wildman–Crippen LogP) is 1.67. The summed E-state index contributed by atoms with van der Waals surface area (Å²) < 4.78 is 11.7. The molecule has 188 valence electrons. The molecule has 0 aliphatic rings. The second-order valence-electron chi connectivity index (χ2n) is 7.28. The number of aliphatic imine (C=N–C) groups is 1. The van der Waals surface area contributed by atoms with Gasteiger partial charge in [-0.05, 0) is 50.1 Å². The largest absolute Gasteiger partial charge is 0.428 e. The first kappa shape index (κ1) is 29.3. The molecule has 0 aliphatic carbocycles. The number of unbranched alkanes of at least 4 members (excludes halogenated alkanes) is 6. The van der Waals surface area contributed by atoms with E-state index in [1.165, 1.54) is 12.3 Å². The lowest BCUT2D eigenvalue weighted by molar-refractivity contribution is 0.259. The number of ether oxygens (including phenoxy) is 2. The molecule has 1 aromatic heterocycles. The zero-order chi connectivity index (χ0) is 26.6. The van der Waals surface area contributed by atoms with E-state index in [0.29, 0.717) is 62.5 Å². The van der Waals surface area contributed by atoms with Crippen molar-refractivity contribution < 1.29 is 14.3 Å². The fourth-order valence-electron chi connectivity index (χ4n) is 3.19. The summed E-state index contributed by atoms with van der Waals surface area (Å²) >= 11 is 0. The van der Waals surface area contributed by atoms with E-state index in [1.807, 2.05) is 0 Å². The van der Waals surface area contributed by atoms with Crippen LogP contribution in [0.1, 0.15) is 51.4 Å². The molecule has 0 radical (unpaired) electrons. The summed E-state index contributed by atoms with van der Waals surface area (Å²) in [6, 6.07) is 0. The molecule has 1 heterocycles. The summed E-state index contributed by atoms with van der Waals surface area (Å²) in [4.78, 5) is 52.8. The summed E-state index contributed by atoms with van der Waals surface area (Å²) in [6.07, 6.45) is 9.35. The molecular formula is C24H26N6O6. The molecule has 1 aromatic rings. The van der Waals surface area contributed by atoms with Crippen molar-refractivity contribution in [2.45, 2.75) is 64.5 Å². The molecular weight excluding hydrogens is 468 g/mol. The number of aromatic nitrogens is 3. The van der Waals surface area contributed by atoms with Gasteiger partial charge in [0.15, 0.2) is 0 Å². The van der Waals surface area contributed by atoms with Crippen LogP contribution in [0.3, 0.4) is 0 Å². The van der Waals surface area contributed by atoms with Gasteiger partial charge in [0.2, 0.25) is 6.08 Å². The van der Waals surface area contributed by atoms with Crippen LogP contribution in [0.5, 0.6) is 0 Å². The Balaban J connectivity index is 3.34. The van der Waals surface area contributed by atoms with Gasteiger partial charge in [0.25, 0.3) is 18.4 Å². The van der Waals surface area contributed by atoms with Gasteiger partial charge in [-0.2, -0.15) is 9.83 Å². The highest BCUT2D eigenvalue weighted by molar-refractivity contribution is 5.35. The van der Waals surface area contributed by atoms with Gasteiger partial charge in [-0.1, -0.05) is 25.0 Å². The van der Waals surface area contributed by atoms with Crippen molar-refractivity contribution in [3.05, 3.63) is 61.0 Å². The molecule has 36 heavy (non-hydrogen) atoms. The molecule has 0 saturated heterocycles. The Morgan fingerprint density at radius 3 is 2.00 bits per heavy atom. The Bertz CT molecular complexity index is 1360. The monoisotopic (exact) mass is 494 g/mol. The van der Waals surface area contributed by atoms with Crippen molar-refractivity contribution in [1.82, 2.24) is 13.7 Å². The van der Waals surface area contributed by atoms with E-state index >= 15 is 0 Å². The second-order valence-corrected chi connectivity index (χ2v) is 7.28. The van der Waals surface area contributed by atoms with E-state index in [4.69, 9.17) is 15.3 Å². The Kier molecular flexibility index (Phi) is 14.4. The minimum Gasteiger partial charge on any atom is -0.428 e. The third-order valence-electron chi connectivity index (χ3n) is 4.88. The summed E-state index contributed by atoms with van der Waals surface area (Å²) in [6.45, 7) is 3.98. The molecule has 0 saturated carbocycles. The maximum absolute atomic E-state index is 13.1. The van der Waals surface area contributed by atoms with Gasteiger partial charge >= 0.3 is 17.1 Å². The van der Waals surface area contributed by atoms with E-state index in [-0.39, 0.29) is 19.7 Å². The average molecular weight is 495 g/mol. The van der Waals surface area contributed by atoms with E-state index in [0.717, 1.165) is 9.13 Å². The Hall–Kier alpha value is -4.77. The zero-order valence-electron chi connectivity index (χ0n) is 19.8. The first-order chi connectivity index (χ1) is 17.5. The number of rotatable bonds is 16. The van der Waals surface area contributed by atoms with E-state index in [2.05, 4.69) is 39.2 Å². The zero-order valence-corrected chi connectivity index (χ0v) is 19.8. The van der Waals surface area contributed by atoms with Crippen LogP contribution in [0.2, 0.25) is 0 Å². The average Bonchev–Trinajstić information content (AvgIpc) is 2.86. The fraction of sp³-hybridized carbons (Fsp3) is 0.500. The third-order valence-corrected chi connectivity index (χ3v) is 4.88. The summed E-state index contributed by atoms with van der Waals surface area (Å²) in [7, 11) is 0. The minimum atomic E-state index is -0.984. The first-order valence-corrected chi connectivity index (χ1v) is 11.3. The molecule has 0 unspecified atom stereocenters. The van der Waals surface area contributed by atoms with Crippen molar-refractivity contribution in [2.24, 2.45) is 4.99 Å². The van der Waals surface area contributed by atoms with Crippen molar-refractivity contribution in [3.63, 3.8) is 0 Å². The minimum absolute atomic E-state index is 0.0202. The highest BCUT2D eigenvalue weighted by Crippen LogP contribution is 2.03. The Morgan fingerprint density at radius 1 is 0.833 bits per heavy atom. The van der Waals surface area contributed by atoms with Gasteiger partial charge in [0.1, 0.15) is 6.61 Å². The number of hydrogen-bond donors (Lipinski definition) is 0. The van der Waals surface area contributed by atoms with Crippen molar-refractivity contribution in [2.75, 3.05) is 13.2 Å². The molecule has 0 fully saturated rings. The standard InChI is InChI=1S/C24H26N6O6/c1-2-3-8-13-21(36-19-26)30-23(33)28(15-10-5-4-9-14-27-20-31)22(32)29(24(30)34)16-11-6-7-12-17-35-18-25/h1,4-7,9-12,14-17H2. The molecule has 0 bridgehead atoms. The van der Waals surface area contributed by atoms with Gasteiger partial charge in [-0.3, -0.25) is 0 Å². The van der Waals surface area contributed by atoms with Gasteiger partial charge in [-0.15, -0.1) is 5.26 Å². The maximum Gasteiger partial charge on any atom is 0.343 e. The Morgan fingerprint density at radius 2 is 1.44 bits per heavy atom. The van der Waals surface area contributed by atoms with Crippen molar-refractivity contribution >= 4 is 12.0 Å². The molecule has 0 atom stereocenters. The van der Waals surface area contributed by atoms with Gasteiger partial charge in [0, 0.05) is 18.8 Å². The van der Waals surface area contributed by atoms with Crippen LogP contribution in [0.25, 0.3) is 5.88 Å². The number of hydrogen-bond acceptors (Lipinski definition) is 9. The molecule has 1 rings (SSSR count). The quantitative estimate of drug-likeness (QED) is 0.0837. The second kappa shape index (κ2) is 17.7. The number of carbonyl (C=O) groups excluding carboxylic acids is 1. The van der Waals surface area contributed by atoms with Crippen molar-refractivity contribution in [1.29, 1.82) is 10.5 Å². The van der Waals surface area contributed by atoms with Crippen LogP contribution < -0.4 is 17.1 Å². The van der Waals surface area contributed by atoms with E-state index in [9.17, 15) is 19.2 Å². The summed E-state index contributed by atoms with van der Waals surface area (Å²) in [5.41, 5.74) is 6.53. The normalized spacial score (nSPS) is 9.28. The Labute approximate surface area is 206 Å². The number of nitrogens with zero attached hydrogens (tertiary/aromatic N) is 6. The lowest BCUT2D eigenvalue weighted by atomic mass is 10.2. The predicted molar refractivity (Wildman–Crippen MR) is 127 cm³/mol. The topological polar surface area (TPSA) is 161 Å². The van der Waals surface area contributed by atoms with Crippen LogP contribution in [0.15, 0.2) is 48.9 Å². The third kappa shape index (κ3) is 9.61. The SMILES string of the molecule is C=C=C=C=C=C(OC#N)n1c(=O)n(CCCCCCN=C=O)c(=O)n(CCCCCCOC#N)c1=O. The summed E-state index contributed by atoms with van der Waals surface area (Å²) in [5.74, 6) is -0.571. The maximum atomic E-state index is 13.1. The molecule has 12 heteroatoms. The molecule has 0 aromatic carbocycles. The van der Waals surface area contributed by atoms with Gasteiger partial charge in [-0.25, -0.2) is 33.3 Å². The van der Waals surface area contributed by atoms with Crippen LogP contribution >= 0.6 is 0 Å². The van der Waals surface area contributed by atoms with E-state index < -0.39 is 23.0 Å². The highest BCUT2D eigenvalue weighted by atomic mass is 16.5. The summed E-state index contributed by atoms with van der Waals surface area (Å²) in [5, 5.41) is 17.4. The molecule has 0 amide bonds. The molecule has 0 N–H and O–H groups in total. The smallest absolute Gasteiger partial charge is 0.343 e. The molecule has 0 aliphatic heterocycles. The van der Waals surface area contributed by atoms with Crippen LogP contribution in [-0.4, -0.2) is 32.9 Å².